The Morgan fingerprint density at radius 3 is 2.10 bits per heavy atom. The summed E-state index contributed by atoms with van der Waals surface area (Å²) in [6.07, 6.45) is 2.90. The lowest BCUT2D eigenvalue weighted by atomic mass is 10.1. The molecule has 0 saturated carbocycles. The van der Waals surface area contributed by atoms with Gasteiger partial charge in [0.15, 0.2) is 5.16 Å². The Bertz CT molecular complexity index is 992. The average Bonchev–Trinajstić information content (AvgIpc) is 2.73. The molecule has 1 amide bonds. The number of amides is 1. The number of piperazine rings is 1. The molecule has 30 heavy (non-hydrogen) atoms. The molecule has 0 aliphatic carbocycles. The Labute approximate surface area is 183 Å². The summed E-state index contributed by atoms with van der Waals surface area (Å²) in [6.45, 7) is 7.25. The molecule has 1 saturated heterocycles. The van der Waals surface area contributed by atoms with Gasteiger partial charge in [-0.05, 0) is 51.1 Å². The fraction of sp³-hybridized carbons (Fsp3) is 0.476. The quantitative estimate of drug-likeness (QED) is 0.499. The number of hydrogen-bond acceptors (Lipinski definition) is 6. The van der Waals surface area contributed by atoms with Crippen LogP contribution in [0, 0.1) is 20.8 Å². The smallest absolute Gasteiger partial charge is 0.243 e. The van der Waals surface area contributed by atoms with Crippen LogP contribution in [0.15, 0.2) is 34.3 Å². The molecular formula is C21H28N4O3S2. The molecule has 0 bridgehead atoms. The van der Waals surface area contributed by atoms with E-state index >= 15 is 0 Å². The van der Waals surface area contributed by atoms with Crippen molar-refractivity contribution in [2.75, 3.05) is 32.4 Å². The summed E-state index contributed by atoms with van der Waals surface area (Å²) in [5.41, 5.74) is 3.85. The molecule has 2 heterocycles. The molecule has 1 aromatic heterocycles. The van der Waals surface area contributed by atoms with Gasteiger partial charge in [-0.1, -0.05) is 29.5 Å². The Morgan fingerprint density at radius 1 is 1.00 bits per heavy atom. The number of aromatic nitrogens is 2. The van der Waals surface area contributed by atoms with E-state index in [1.807, 2.05) is 27.0 Å². The van der Waals surface area contributed by atoms with Crippen molar-refractivity contribution in [1.82, 2.24) is 19.2 Å². The van der Waals surface area contributed by atoms with Gasteiger partial charge in [-0.15, -0.1) is 0 Å². The molecule has 3 rings (SSSR count). The number of rotatable bonds is 6. The third-order valence-electron chi connectivity index (χ3n) is 5.42. The standard InChI is InChI=1S/C21H28N4O3S2/c1-15-5-7-18(8-6-15)30(27,28)25-13-11-24(12-14-25)20(26)10-9-19-16(2)22-21(29-4)23-17(19)3/h5-8H,9-14H2,1-4H3. The van der Waals surface area contributed by atoms with Gasteiger partial charge in [-0.25, -0.2) is 18.4 Å². The second kappa shape index (κ2) is 9.45. The van der Waals surface area contributed by atoms with Crippen LogP contribution in [0.1, 0.15) is 28.9 Å². The Hall–Kier alpha value is -1.97. The predicted octanol–water partition coefficient (Wildman–Crippen LogP) is 2.59. The van der Waals surface area contributed by atoms with Crippen LogP contribution < -0.4 is 0 Å². The van der Waals surface area contributed by atoms with E-state index in [-0.39, 0.29) is 5.91 Å². The summed E-state index contributed by atoms with van der Waals surface area (Å²) in [5.74, 6) is 0.0372. The van der Waals surface area contributed by atoms with E-state index in [1.165, 1.54) is 16.1 Å². The number of aryl methyl sites for hydroxylation is 3. The molecule has 7 nitrogen and oxygen atoms in total. The van der Waals surface area contributed by atoms with Crippen molar-refractivity contribution in [2.45, 2.75) is 43.7 Å². The lowest BCUT2D eigenvalue weighted by Gasteiger charge is -2.34. The molecule has 162 valence electrons. The zero-order valence-corrected chi connectivity index (χ0v) is 19.5. The van der Waals surface area contributed by atoms with Gasteiger partial charge in [0.25, 0.3) is 0 Å². The minimum absolute atomic E-state index is 0.0372. The molecule has 0 spiro atoms. The van der Waals surface area contributed by atoms with E-state index in [9.17, 15) is 13.2 Å². The molecule has 0 N–H and O–H groups in total. The first kappa shape index (κ1) is 22.7. The number of benzene rings is 1. The van der Waals surface area contributed by atoms with Crippen LogP contribution in [0.2, 0.25) is 0 Å². The Balaban J connectivity index is 1.57. The third kappa shape index (κ3) is 5.01. The highest BCUT2D eigenvalue weighted by atomic mass is 32.2. The summed E-state index contributed by atoms with van der Waals surface area (Å²) < 4.78 is 27.1. The van der Waals surface area contributed by atoms with Crippen LogP contribution in [0.5, 0.6) is 0 Å². The van der Waals surface area contributed by atoms with Crippen molar-refractivity contribution < 1.29 is 13.2 Å². The summed E-state index contributed by atoms with van der Waals surface area (Å²) in [6, 6.07) is 6.87. The number of hydrogen-bond donors (Lipinski definition) is 0. The highest BCUT2D eigenvalue weighted by Gasteiger charge is 2.30. The van der Waals surface area contributed by atoms with Crippen molar-refractivity contribution in [3.8, 4) is 0 Å². The van der Waals surface area contributed by atoms with Crippen molar-refractivity contribution >= 4 is 27.7 Å². The summed E-state index contributed by atoms with van der Waals surface area (Å²) in [4.78, 5) is 23.7. The van der Waals surface area contributed by atoms with Gasteiger partial charge < -0.3 is 4.90 Å². The molecule has 2 aromatic rings. The summed E-state index contributed by atoms with van der Waals surface area (Å²) >= 11 is 1.50. The molecule has 1 fully saturated rings. The lowest BCUT2D eigenvalue weighted by molar-refractivity contribution is -0.132. The zero-order chi connectivity index (χ0) is 21.9. The van der Waals surface area contributed by atoms with Crippen LogP contribution in [0.25, 0.3) is 0 Å². The van der Waals surface area contributed by atoms with Crippen molar-refractivity contribution in [3.63, 3.8) is 0 Å². The van der Waals surface area contributed by atoms with Crippen LogP contribution in [0.3, 0.4) is 0 Å². The summed E-state index contributed by atoms with van der Waals surface area (Å²) in [5, 5.41) is 0.742. The number of carbonyl (C=O) groups excluding carboxylic acids is 1. The maximum absolute atomic E-state index is 12.8. The van der Waals surface area contributed by atoms with E-state index in [4.69, 9.17) is 0 Å². The second-order valence-electron chi connectivity index (χ2n) is 7.46. The number of thioether (sulfide) groups is 1. The Kier molecular flexibility index (Phi) is 7.15. The fourth-order valence-corrected chi connectivity index (χ4v) is 5.47. The largest absolute Gasteiger partial charge is 0.340 e. The highest BCUT2D eigenvalue weighted by molar-refractivity contribution is 7.98. The molecule has 0 atom stereocenters. The third-order valence-corrected chi connectivity index (χ3v) is 7.88. The first-order valence-corrected chi connectivity index (χ1v) is 12.6. The number of sulfonamides is 1. The fourth-order valence-electron chi connectivity index (χ4n) is 3.59. The van der Waals surface area contributed by atoms with Gasteiger partial charge in [0, 0.05) is 44.0 Å². The van der Waals surface area contributed by atoms with Crippen LogP contribution in [0.4, 0.5) is 0 Å². The van der Waals surface area contributed by atoms with Gasteiger partial charge in [-0.3, -0.25) is 4.79 Å². The van der Waals surface area contributed by atoms with E-state index in [0.29, 0.717) is 43.9 Å². The maximum atomic E-state index is 12.8. The highest BCUT2D eigenvalue weighted by Crippen LogP contribution is 2.20. The molecular weight excluding hydrogens is 420 g/mol. The Morgan fingerprint density at radius 2 is 1.57 bits per heavy atom. The van der Waals surface area contributed by atoms with Gasteiger partial charge >= 0.3 is 0 Å². The second-order valence-corrected chi connectivity index (χ2v) is 10.2. The molecule has 1 aromatic carbocycles. The molecule has 1 aliphatic heterocycles. The van der Waals surface area contributed by atoms with Crippen molar-refractivity contribution in [3.05, 3.63) is 46.8 Å². The average molecular weight is 449 g/mol. The van der Waals surface area contributed by atoms with Gasteiger partial charge in [0.05, 0.1) is 4.90 Å². The normalized spacial score (nSPS) is 15.4. The minimum Gasteiger partial charge on any atom is -0.340 e. The van der Waals surface area contributed by atoms with Gasteiger partial charge in [0.2, 0.25) is 15.9 Å². The number of nitrogens with zero attached hydrogens (tertiary/aromatic N) is 4. The van der Waals surface area contributed by atoms with Gasteiger partial charge in [-0.2, -0.15) is 4.31 Å². The summed E-state index contributed by atoms with van der Waals surface area (Å²) in [7, 11) is -3.52. The zero-order valence-electron chi connectivity index (χ0n) is 17.9. The van der Waals surface area contributed by atoms with Crippen molar-refractivity contribution in [1.29, 1.82) is 0 Å². The van der Waals surface area contributed by atoms with Crippen LogP contribution >= 0.6 is 11.8 Å². The SMILES string of the molecule is CSc1nc(C)c(CCC(=O)N2CCN(S(=O)(=O)c3ccc(C)cc3)CC2)c(C)n1. The molecule has 0 unspecified atom stereocenters. The van der Waals surface area contributed by atoms with Crippen LogP contribution in [-0.2, 0) is 21.2 Å². The predicted molar refractivity (Wildman–Crippen MR) is 118 cm³/mol. The minimum atomic E-state index is -3.52. The van der Waals surface area contributed by atoms with Crippen LogP contribution in [-0.4, -0.2) is 65.9 Å². The molecule has 1 aliphatic rings. The topological polar surface area (TPSA) is 83.5 Å². The maximum Gasteiger partial charge on any atom is 0.243 e. The van der Waals surface area contributed by atoms with E-state index < -0.39 is 10.0 Å². The van der Waals surface area contributed by atoms with E-state index in [2.05, 4.69) is 9.97 Å². The molecule has 0 radical (unpaired) electrons. The first-order valence-electron chi connectivity index (χ1n) is 9.95. The lowest BCUT2D eigenvalue weighted by Crippen LogP contribution is -2.50. The van der Waals surface area contributed by atoms with Gasteiger partial charge in [0.1, 0.15) is 0 Å². The van der Waals surface area contributed by atoms with E-state index in [1.54, 1.807) is 29.2 Å². The number of carbonyl (C=O) groups is 1. The monoisotopic (exact) mass is 448 g/mol. The first-order chi connectivity index (χ1) is 14.2. The van der Waals surface area contributed by atoms with Crippen molar-refractivity contribution in [2.24, 2.45) is 0 Å². The molecule has 9 heteroatoms. The van der Waals surface area contributed by atoms with E-state index in [0.717, 1.165) is 27.7 Å².